The third kappa shape index (κ3) is 3.98. The molecule has 1 aliphatic carbocycles. The van der Waals surface area contributed by atoms with E-state index in [1.807, 2.05) is 13.8 Å². The molecule has 0 unspecified atom stereocenters. The highest BCUT2D eigenvalue weighted by molar-refractivity contribution is 7.92. The Hall–Kier alpha value is -2.19. The van der Waals surface area contributed by atoms with Crippen LogP contribution in [0.25, 0.3) is 0 Å². The Balaban J connectivity index is 2.18. The third-order valence-electron chi connectivity index (χ3n) is 4.49. The van der Waals surface area contributed by atoms with E-state index in [1.165, 1.54) is 6.26 Å². The highest BCUT2D eigenvalue weighted by Gasteiger charge is 2.39. The van der Waals surface area contributed by atoms with Crippen LogP contribution in [0.4, 0.5) is 0 Å². The van der Waals surface area contributed by atoms with Gasteiger partial charge in [0.05, 0.1) is 10.4 Å². The van der Waals surface area contributed by atoms with Crippen molar-refractivity contribution >= 4 is 32.7 Å². The number of sulfone groups is 1. The van der Waals surface area contributed by atoms with E-state index in [1.54, 1.807) is 25.2 Å². The molecule has 0 spiro atoms. The number of Topliss-reactive ketones (excluding diaryl/α,β-unsaturated/α-hetero) is 2. The van der Waals surface area contributed by atoms with Crippen LogP contribution in [-0.2, 0) is 25.7 Å². The molecule has 0 atom stereocenters. The lowest BCUT2D eigenvalue weighted by atomic mass is 9.74. The van der Waals surface area contributed by atoms with Crippen LogP contribution in [-0.4, -0.2) is 33.0 Å². The molecule has 6 nitrogen and oxygen atoms in total. The van der Waals surface area contributed by atoms with Gasteiger partial charge in [-0.15, -0.1) is 11.3 Å². The van der Waals surface area contributed by atoms with Crippen LogP contribution < -0.4 is 0 Å². The summed E-state index contributed by atoms with van der Waals surface area (Å²) in [5.74, 6) is -0.156. The molecule has 2 heterocycles. The van der Waals surface area contributed by atoms with Crippen molar-refractivity contribution in [2.75, 3.05) is 13.0 Å². The van der Waals surface area contributed by atoms with Gasteiger partial charge in [-0.1, -0.05) is 26.0 Å². The maximum Gasteiger partial charge on any atom is 0.230 e. The minimum Gasteiger partial charge on any atom is -0.461 e. The van der Waals surface area contributed by atoms with Gasteiger partial charge in [0.2, 0.25) is 12.6 Å². The van der Waals surface area contributed by atoms with Gasteiger partial charge in [0.25, 0.3) is 0 Å². The smallest absolute Gasteiger partial charge is 0.230 e. The first-order valence-corrected chi connectivity index (χ1v) is 11.5. The predicted octanol–water partition coefficient (Wildman–Crippen LogP) is 3.84. The molecular weight excluding hydrogens is 400 g/mol. The van der Waals surface area contributed by atoms with Gasteiger partial charge in [0.15, 0.2) is 21.4 Å². The first-order chi connectivity index (χ1) is 13.0. The van der Waals surface area contributed by atoms with E-state index >= 15 is 0 Å². The summed E-state index contributed by atoms with van der Waals surface area (Å²) in [7, 11) is -3.64. The molecular formula is C20H22O6S2. The fourth-order valence-electron chi connectivity index (χ4n) is 3.38. The Labute approximate surface area is 168 Å². The number of carbonyl (C=O) groups is 2. The van der Waals surface area contributed by atoms with E-state index in [0.717, 1.165) is 17.6 Å². The van der Waals surface area contributed by atoms with Crippen molar-refractivity contribution in [3.8, 4) is 0 Å². The first kappa shape index (κ1) is 20.5. The number of hydrogen-bond donors (Lipinski definition) is 0. The molecule has 0 amide bonds. The molecule has 28 heavy (non-hydrogen) atoms. The number of thiophene rings is 1. The summed E-state index contributed by atoms with van der Waals surface area (Å²) >= 11 is 0.882. The molecule has 0 bridgehead atoms. The van der Waals surface area contributed by atoms with E-state index in [0.29, 0.717) is 28.2 Å². The summed E-state index contributed by atoms with van der Waals surface area (Å²) in [6.45, 7) is 5.74. The van der Waals surface area contributed by atoms with Crippen molar-refractivity contribution < 1.29 is 27.5 Å². The van der Waals surface area contributed by atoms with Crippen LogP contribution in [0.15, 0.2) is 40.0 Å². The summed E-state index contributed by atoms with van der Waals surface area (Å²) in [5.41, 5.74) is 0.711. The molecule has 1 aliphatic heterocycles. The molecule has 0 radical (unpaired) electrons. The summed E-state index contributed by atoms with van der Waals surface area (Å²) in [6.07, 6.45) is 8.10. The minimum atomic E-state index is -3.64. The minimum absolute atomic E-state index is 0.0224. The van der Waals surface area contributed by atoms with Crippen LogP contribution in [0.3, 0.4) is 0 Å². The van der Waals surface area contributed by atoms with Crippen molar-refractivity contribution in [1.29, 1.82) is 0 Å². The lowest BCUT2D eigenvalue weighted by molar-refractivity contribution is 0.0841. The molecule has 3 rings (SSSR count). The maximum absolute atomic E-state index is 13.3. The second-order valence-corrected chi connectivity index (χ2v) is 10.9. The Bertz CT molecular complexity index is 1030. The number of carbonyl (C=O) groups excluding carboxylic acids is 2. The highest BCUT2D eigenvalue weighted by atomic mass is 32.2. The van der Waals surface area contributed by atoms with Crippen molar-refractivity contribution in [1.82, 2.24) is 0 Å². The lowest BCUT2D eigenvalue weighted by Crippen LogP contribution is -2.28. The average Bonchev–Trinajstić information content (AvgIpc) is 3.19. The van der Waals surface area contributed by atoms with Gasteiger partial charge < -0.3 is 9.47 Å². The van der Waals surface area contributed by atoms with Crippen LogP contribution in [0.5, 0.6) is 0 Å². The number of ether oxygens (including phenoxy) is 2. The molecule has 8 heteroatoms. The van der Waals surface area contributed by atoms with Crippen LogP contribution in [0, 0.1) is 5.41 Å². The molecule has 2 aliphatic rings. The SMILES string of the molecule is C/C=C\C(=C/C1=COCO1)C(=O)c1sc(S(C)(=O)=O)c2c1CC(C)(C)CC2=O. The Morgan fingerprint density at radius 1 is 1.29 bits per heavy atom. The standard InChI is InChI=1S/C20H22O6S2/c1-5-6-12(7-13-10-25-11-26-13)17(22)18-14-8-20(2,3)9-15(21)16(14)19(27-18)28(4,23)24/h5-7,10H,8-9,11H2,1-4H3/b6-5-,12-7+. The number of hydrogen-bond acceptors (Lipinski definition) is 7. The molecule has 0 saturated heterocycles. The largest absolute Gasteiger partial charge is 0.461 e. The topological polar surface area (TPSA) is 86.7 Å². The van der Waals surface area contributed by atoms with E-state index in [2.05, 4.69) is 0 Å². The quantitative estimate of drug-likeness (QED) is 0.407. The number of fused-ring (bicyclic) bond motifs is 1. The van der Waals surface area contributed by atoms with E-state index in [-0.39, 0.29) is 40.0 Å². The summed E-state index contributed by atoms with van der Waals surface area (Å²) in [6, 6.07) is 0. The average molecular weight is 423 g/mol. The van der Waals surface area contributed by atoms with E-state index in [4.69, 9.17) is 9.47 Å². The van der Waals surface area contributed by atoms with Crippen molar-refractivity contribution in [2.45, 2.75) is 37.8 Å². The normalized spacial score (nSPS) is 19.2. The number of rotatable bonds is 5. The second kappa shape index (κ2) is 7.33. The predicted molar refractivity (Wildman–Crippen MR) is 106 cm³/mol. The molecule has 0 aromatic carbocycles. The fraction of sp³-hybridized carbons (Fsp3) is 0.400. The molecule has 1 aromatic heterocycles. The number of ketones is 2. The van der Waals surface area contributed by atoms with Gasteiger partial charge in [-0.2, -0.15) is 0 Å². The Morgan fingerprint density at radius 3 is 2.57 bits per heavy atom. The maximum atomic E-state index is 13.3. The van der Waals surface area contributed by atoms with Gasteiger partial charge in [0, 0.05) is 18.2 Å². The highest BCUT2D eigenvalue weighted by Crippen LogP contribution is 2.44. The Morgan fingerprint density at radius 2 is 2.00 bits per heavy atom. The van der Waals surface area contributed by atoms with Crippen molar-refractivity contribution in [3.05, 3.63) is 51.8 Å². The zero-order valence-electron chi connectivity index (χ0n) is 16.2. The third-order valence-corrected chi connectivity index (χ3v) is 7.55. The first-order valence-electron chi connectivity index (χ1n) is 8.76. The fourth-order valence-corrected chi connectivity index (χ4v) is 5.88. The number of allylic oxidation sites excluding steroid dienone is 4. The monoisotopic (exact) mass is 422 g/mol. The van der Waals surface area contributed by atoms with Gasteiger partial charge in [0.1, 0.15) is 10.5 Å². The van der Waals surface area contributed by atoms with Gasteiger partial charge in [-0.25, -0.2) is 8.42 Å². The van der Waals surface area contributed by atoms with Crippen molar-refractivity contribution in [2.24, 2.45) is 5.41 Å². The zero-order valence-corrected chi connectivity index (χ0v) is 17.8. The lowest BCUT2D eigenvalue weighted by Gasteiger charge is -2.29. The zero-order chi connectivity index (χ0) is 20.7. The molecule has 1 aromatic rings. The molecule has 150 valence electrons. The molecule has 0 N–H and O–H groups in total. The summed E-state index contributed by atoms with van der Waals surface area (Å²) in [4.78, 5) is 26.3. The van der Waals surface area contributed by atoms with Crippen LogP contribution >= 0.6 is 11.3 Å². The van der Waals surface area contributed by atoms with Gasteiger partial charge in [-0.3, -0.25) is 9.59 Å². The van der Waals surface area contributed by atoms with Crippen molar-refractivity contribution in [3.63, 3.8) is 0 Å². The second-order valence-electron chi connectivity index (χ2n) is 7.66. The van der Waals surface area contributed by atoms with E-state index in [9.17, 15) is 18.0 Å². The van der Waals surface area contributed by atoms with E-state index < -0.39 is 9.84 Å². The van der Waals surface area contributed by atoms with Crippen LogP contribution in [0.1, 0.15) is 52.8 Å². The van der Waals surface area contributed by atoms with Gasteiger partial charge in [-0.05, 0) is 30.4 Å². The van der Waals surface area contributed by atoms with Crippen LogP contribution in [0.2, 0.25) is 0 Å². The molecule has 0 saturated carbocycles. The molecule has 0 fully saturated rings. The summed E-state index contributed by atoms with van der Waals surface area (Å²) < 4.78 is 34.9. The van der Waals surface area contributed by atoms with Gasteiger partial charge >= 0.3 is 0 Å². The Kier molecular flexibility index (Phi) is 5.38. The summed E-state index contributed by atoms with van der Waals surface area (Å²) in [5, 5.41) is 0.